The lowest BCUT2D eigenvalue weighted by molar-refractivity contribution is 0.228. The van der Waals surface area contributed by atoms with Crippen LogP contribution in [-0.2, 0) is 6.42 Å². The molecule has 0 aliphatic carbocycles. The Balaban J connectivity index is 2.08. The Morgan fingerprint density at radius 1 is 1.10 bits per heavy atom. The van der Waals surface area contributed by atoms with E-state index in [1.54, 1.807) is 7.11 Å². The van der Waals surface area contributed by atoms with Gasteiger partial charge in [-0.15, -0.1) is 0 Å². The van der Waals surface area contributed by atoms with Crippen LogP contribution in [0, 0.1) is 0 Å². The molecule has 2 atom stereocenters. The van der Waals surface area contributed by atoms with Gasteiger partial charge in [-0.3, -0.25) is 0 Å². The van der Waals surface area contributed by atoms with Gasteiger partial charge < -0.3 is 15.2 Å². The van der Waals surface area contributed by atoms with Gasteiger partial charge in [0, 0.05) is 11.6 Å². The standard InChI is InChI=1S/C17H19NO2/c1-20-16-9-5-4-8-15(16)17-14-7-3-2-6-12(14)10-13(11-19)18-17/h2-9,13,17-19H,10-11H2,1H3/t13-,17-/m0/s1. The molecule has 0 fully saturated rings. The summed E-state index contributed by atoms with van der Waals surface area (Å²) in [7, 11) is 1.69. The first-order valence-electron chi connectivity index (χ1n) is 6.91. The number of benzene rings is 2. The predicted molar refractivity (Wildman–Crippen MR) is 79.0 cm³/mol. The van der Waals surface area contributed by atoms with Crippen molar-refractivity contribution >= 4 is 0 Å². The van der Waals surface area contributed by atoms with E-state index in [2.05, 4.69) is 35.6 Å². The summed E-state index contributed by atoms with van der Waals surface area (Å²) in [5, 5.41) is 13.0. The third-order valence-corrected chi connectivity index (χ3v) is 3.91. The van der Waals surface area contributed by atoms with Crippen LogP contribution >= 0.6 is 0 Å². The molecule has 2 aromatic carbocycles. The highest BCUT2D eigenvalue weighted by atomic mass is 16.5. The number of fused-ring (bicyclic) bond motifs is 1. The van der Waals surface area contributed by atoms with Crippen molar-refractivity contribution in [1.82, 2.24) is 5.32 Å². The molecule has 1 aliphatic heterocycles. The number of nitrogens with one attached hydrogen (secondary N) is 1. The van der Waals surface area contributed by atoms with Crippen LogP contribution in [0.1, 0.15) is 22.7 Å². The quantitative estimate of drug-likeness (QED) is 0.898. The number of ether oxygens (including phenoxy) is 1. The summed E-state index contributed by atoms with van der Waals surface area (Å²) >= 11 is 0. The molecule has 0 aromatic heterocycles. The lowest BCUT2D eigenvalue weighted by atomic mass is 9.86. The third-order valence-electron chi connectivity index (χ3n) is 3.91. The van der Waals surface area contributed by atoms with Crippen molar-refractivity contribution in [3.8, 4) is 5.75 Å². The fourth-order valence-corrected chi connectivity index (χ4v) is 2.93. The van der Waals surface area contributed by atoms with Gasteiger partial charge in [0.05, 0.1) is 19.8 Å². The zero-order valence-electron chi connectivity index (χ0n) is 11.5. The second-order valence-electron chi connectivity index (χ2n) is 5.12. The minimum atomic E-state index is 0.0632. The highest BCUT2D eigenvalue weighted by Gasteiger charge is 2.28. The van der Waals surface area contributed by atoms with Crippen LogP contribution < -0.4 is 10.1 Å². The Morgan fingerprint density at radius 2 is 1.80 bits per heavy atom. The van der Waals surface area contributed by atoms with Crippen molar-refractivity contribution in [3.05, 3.63) is 65.2 Å². The summed E-state index contributed by atoms with van der Waals surface area (Å²) in [5.41, 5.74) is 3.67. The van der Waals surface area contributed by atoms with Gasteiger partial charge in [-0.05, 0) is 23.6 Å². The average Bonchev–Trinajstić information content (AvgIpc) is 2.53. The summed E-state index contributed by atoms with van der Waals surface area (Å²) in [5.74, 6) is 0.874. The van der Waals surface area contributed by atoms with Gasteiger partial charge in [-0.1, -0.05) is 42.5 Å². The van der Waals surface area contributed by atoms with E-state index in [9.17, 15) is 5.11 Å². The van der Waals surface area contributed by atoms with Crippen molar-refractivity contribution in [2.75, 3.05) is 13.7 Å². The molecule has 1 aliphatic rings. The topological polar surface area (TPSA) is 41.5 Å². The molecule has 3 nitrogen and oxygen atoms in total. The number of aliphatic hydroxyl groups is 1. The molecule has 0 unspecified atom stereocenters. The lowest BCUT2D eigenvalue weighted by Crippen LogP contribution is -2.42. The van der Waals surface area contributed by atoms with Gasteiger partial charge in [-0.25, -0.2) is 0 Å². The zero-order valence-corrected chi connectivity index (χ0v) is 11.5. The maximum atomic E-state index is 9.51. The first kappa shape index (κ1) is 13.2. The second kappa shape index (κ2) is 5.65. The van der Waals surface area contributed by atoms with E-state index in [0.29, 0.717) is 0 Å². The molecule has 2 aromatic rings. The number of hydrogen-bond acceptors (Lipinski definition) is 3. The lowest BCUT2D eigenvalue weighted by Gasteiger charge is -2.33. The highest BCUT2D eigenvalue weighted by Crippen LogP contribution is 2.34. The van der Waals surface area contributed by atoms with E-state index < -0.39 is 0 Å². The second-order valence-corrected chi connectivity index (χ2v) is 5.12. The van der Waals surface area contributed by atoms with Crippen molar-refractivity contribution in [3.63, 3.8) is 0 Å². The highest BCUT2D eigenvalue weighted by molar-refractivity contribution is 5.45. The number of methoxy groups -OCH3 is 1. The summed E-state index contributed by atoms with van der Waals surface area (Å²) in [6.45, 7) is 0.139. The van der Waals surface area contributed by atoms with Gasteiger partial charge in [0.15, 0.2) is 0 Å². The Morgan fingerprint density at radius 3 is 2.55 bits per heavy atom. The zero-order chi connectivity index (χ0) is 13.9. The maximum absolute atomic E-state index is 9.51. The van der Waals surface area contributed by atoms with E-state index in [1.807, 2.05) is 18.2 Å². The minimum absolute atomic E-state index is 0.0632. The molecular formula is C17H19NO2. The van der Waals surface area contributed by atoms with Crippen LogP contribution in [0.5, 0.6) is 5.75 Å². The SMILES string of the molecule is COc1ccccc1[C@H]1N[C@H](CO)Cc2ccccc21. The van der Waals surface area contributed by atoms with Crippen LogP contribution in [0.2, 0.25) is 0 Å². The van der Waals surface area contributed by atoms with E-state index in [4.69, 9.17) is 4.74 Å². The molecular weight excluding hydrogens is 250 g/mol. The fourth-order valence-electron chi connectivity index (χ4n) is 2.93. The number of hydrogen-bond donors (Lipinski definition) is 2. The van der Waals surface area contributed by atoms with Crippen LogP contribution in [-0.4, -0.2) is 24.9 Å². The normalized spacial score (nSPS) is 21.3. The Labute approximate surface area is 119 Å². The molecule has 3 heteroatoms. The Hall–Kier alpha value is -1.84. The first-order chi connectivity index (χ1) is 9.83. The van der Waals surface area contributed by atoms with Gasteiger partial charge in [0.2, 0.25) is 0 Å². The van der Waals surface area contributed by atoms with Gasteiger partial charge in [0.25, 0.3) is 0 Å². The Kier molecular flexibility index (Phi) is 3.72. The van der Waals surface area contributed by atoms with Crippen molar-refractivity contribution in [1.29, 1.82) is 0 Å². The van der Waals surface area contributed by atoms with Crippen LogP contribution in [0.3, 0.4) is 0 Å². The van der Waals surface area contributed by atoms with Crippen LogP contribution in [0.15, 0.2) is 48.5 Å². The first-order valence-corrected chi connectivity index (χ1v) is 6.91. The van der Waals surface area contributed by atoms with Crippen LogP contribution in [0.25, 0.3) is 0 Å². The van der Waals surface area contributed by atoms with Gasteiger partial charge >= 0.3 is 0 Å². The third kappa shape index (κ3) is 2.30. The molecule has 0 saturated heterocycles. The molecule has 0 saturated carbocycles. The van der Waals surface area contributed by atoms with Crippen molar-refractivity contribution < 1.29 is 9.84 Å². The number of aliphatic hydroxyl groups excluding tert-OH is 1. The van der Waals surface area contributed by atoms with E-state index in [0.717, 1.165) is 17.7 Å². The van der Waals surface area contributed by atoms with Crippen molar-refractivity contribution in [2.45, 2.75) is 18.5 Å². The minimum Gasteiger partial charge on any atom is -0.496 e. The van der Waals surface area contributed by atoms with Gasteiger partial charge in [-0.2, -0.15) is 0 Å². The summed E-state index contributed by atoms with van der Waals surface area (Å²) in [6, 6.07) is 16.6. The average molecular weight is 269 g/mol. The molecule has 0 spiro atoms. The van der Waals surface area contributed by atoms with Crippen molar-refractivity contribution in [2.24, 2.45) is 0 Å². The molecule has 0 bridgehead atoms. The summed E-state index contributed by atoms with van der Waals surface area (Å²) in [4.78, 5) is 0. The smallest absolute Gasteiger partial charge is 0.123 e. The molecule has 20 heavy (non-hydrogen) atoms. The molecule has 3 rings (SSSR count). The molecule has 0 amide bonds. The molecule has 104 valence electrons. The molecule has 1 heterocycles. The van der Waals surface area contributed by atoms with E-state index >= 15 is 0 Å². The summed E-state index contributed by atoms with van der Waals surface area (Å²) < 4.78 is 5.48. The predicted octanol–water partition coefficient (Wildman–Crippen LogP) is 2.29. The molecule has 2 N–H and O–H groups in total. The van der Waals surface area contributed by atoms with Gasteiger partial charge in [0.1, 0.15) is 5.75 Å². The monoisotopic (exact) mass is 269 g/mol. The maximum Gasteiger partial charge on any atom is 0.123 e. The number of rotatable bonds is 3. The van der Waals surface area contributed by atoms with E-state index in [-0.39, 0.29) is 18.7 Å². The number of para-hydroxylation sites is 1. The molecule has 0 radical (unpaired) electrons. The largest absolute Gasteiger partial charge is 0.496 e. The van der Waals surface area contributed by atoms with E-state index in [1.165, 1.54) is 11.1 Å². The van der Waals surface area contributed by atoms with Crippen LogP contribution in [0.4, 0.5) is 0 Å². The fraction of sp³-hybridized carbons (Fsp3) is 0.294. The summed E-state index contributed by atoms with van der Waals surface area (Å²) in [6.07, 6.45) is 0.859. The Bertz CT molecular complexity index is 597.